The van der Waals surface area contributed by atoms with Gasteiger partial charge >= 0.3 is 5.97 Å². The Labute approximate surface area is 153 Å². The maximum absolute atomic E-state index is 12.6. The molecule has 2 N–H and O–H groups in total. The average molecular weight is 368 g/mol. The number of ether oxygens (including phenoxy) is 1. The number of hydrogen-bond donors (Lipinski definition) is 1. The number of pyridine rings is 1. The van der Waals surface area contributed by atoms with E-state index in [1.165, 1.54) is 6.20 Å². The van der Waals surface area contributed by atoms with Gasteiger partial charge in [-0.05, 0) is 52.0 Å². The summed E-state index contributed by atoms with van der Waals surface area (Å²) in [4.78, 5) is 30.2. The largest absolute Gasteiger partial charge is 0.460 e. The maximum Gasteiger partial charge on any atom is 0.306 e. The smallest absolute Gasteiger partial charge is 0.306 e. The van der Waals surface area contributed by atoms with Crippen molar-refractivity contribution in [1.29, 1.82) is 0 Å². The predicted molar refractivity (Wildman–Crippen MR) is 97.4 cm³/mol. The minimum atomic E-state index is -0.465. The molecule has 0 aromatic carbocycles. The van der Waals surface area contributed by atoms with Gasteiger partial charge in [0.2, 0.25) is 0 Å². The number of carbonyl (C=O) groups excluding carboxylic acids is 2. The number of nitrogen functional groups attached to an aromatic ring is 1. The number of hydrogen-bond acceptors (Lipinski definition) is 5. The van der Waals surface area contributed by atoms with E-state index in [1.807, 2.05) is 20.8 Å². The molecule has 0 radical (unpaired) electrons. The topological polar surface area (TPSA) is 85.5 Å². The van der Waals surface area contributed by atoms with Crippen molar-refractivity contribution < 1.29 is 14.3 Å². The molecule has 1 aromatic heterocycles. The summed E-state index contributed by atoms with van der Waals surface area (Å²) in [5.74, 6) is 0.219. The Kier molecular flexibility index (Phi) is 6.27. The molecule has 1 aliphatic heterocycles. The van der Waals surface area contributed by atoms with Crippen LogP contribution in [0.5, 0.6) is 0 Å². The molecule has 2 rings (SSSR count). The Morgan fingerprint density at radius 1 is 1.44 bits per heavy atom. The SMILES string of the molecule is CC(C)(C)OC(=O)CCC1CCCN(C(=O)c2cnc(N)c(Cl)c2)C1. The van der Waals surface area contributed by atoms with Gasteiger partial charge in [0.25, 0.3) is 5.91 Å². The molecule has 138 valence electrons. The van der Waals surface area contributed by atoms with Gasteiger partial charge in [0.15, 0.2) is 0 Å². The molecule has 1 saturated heterocycles. The van der Waals surface area contributed by atoms with Crippen molar-refractivity contribution in [3.05, 3.63) is 22.8 Å². The Hall–Kier alpha value is -1.82. The number of likely N-dealkylation sites (tertiary alicyclic amines) is 1. The van der Waals surface area contributed by atoms with E-state index in [4.69, 9.17) is 22.1 Å². The number of rotatable bonds is 4. The third-order valence-electron chi connectivity index (χ3n) is 4.10. The number of aromatic nitrogens is 1. The van der Waals surface area contributed by atoms with Gasteiger partial charge in [-0.25, -0.2) is 4.98 Å². The molecular formula is C18H26ClN3O3. The molecule has 7 heteroatoms. The number of amides is 1. The number of halogens is 1. The summed E-state index contributed by atoms with van der Waals surface area (Å²) in [6.45, 7) is 6.90. The van der Waals surface area contributed by atoms with Gasteiger partial charge < -0.3 is 15.4 Å². The molecule has 25 heavy (non-hydrogen) atoms. The van der Waals surface area contributed by atoms with Crippen LogP contribution in [0.2, 0.25) is 5.02 Å². The van der Waals surface area contributed by atoms with E-state index < -0.39 is 5.60 Å². The Balaban J connectivity index is 1.90. The lowest BCUT2D eigenvalue weighted by Gasteiger charge is -2.33. The number of piperidine rings is 1. The van der Waals surface area contributed by atoms with E-state index in [1.54, 1.807) is 11.0 Å². The molecule has 1 amide bonds. The number of nitrogens with two attached hydrogens (primary N) is 1. The summed E-state index contributed by atoms with van der Waals surface area (Å²) in [6, 6.07) is 1.55. The van der Waals surface area contributed by atoms with Crippen LogP contribution >= 0.6 is 11.6 Å². The van der Waals surface area contributed by atoms with Crippen molar-refractivity contribution in [2.45, 2.75) is 52.1 Å². The summed E-state index contributed by atoms with van der Waals surface area (Å²) in [5, 5.41) is 0.282. The van der Waals surface area contributed by atoms with Crippen LogP contribution in [0, 0.1) is 5.92 Å². The number of carbonyl (C=O) groups is 2. The van der Waals surface area contributed by atoms with Crippen LogP contribution in [-0.4, -0.2) is 40.5 Å². The highest BCUT2D eigenvalue weighted by Crippen LogP contribution is 2.24. The van der Waals surface area contributed by atoms with Crippen molar-refractivity contribution in [2.24, 2.45) is 5.92 Å². The zero-order chi connectivity index (χ0) is 18.6. The summed E-state index contributed by atoms with van der Waals surface area (Å²) >= 11 is 5.95. The fourth-order valence-corrected chi connectivity index (χ4v) is 3.11. The average Bonchev–Trinajstić information content (AvgIpc) is 2.53. The van der Waals surface area contributed by atoms with Crippen LogP contribution in [0.3, 0.4) is 0 Å². The zero-order valence-corrected chi connectivity index (χ0v) is 15.8. The molecule has 1 aromatic rings. The first-order valence-corrected chi connectivity index (χ1v) is 8.95. The Morgan fingerprint density at radius 3 is 2.80 bits per heavy atom. The number of esters is 1. The van der Waals surface area contributed by atoms with Crippen molar-refractivity contribution in [1.82, 2.24) is 9.88 Å². The van der Waals surface area contributed by atoms with E-state index in [0.717, 1.165) is 19.3 Å². The van der Waals surface area contributed by atoms with Gasteiger partial charge in [0.1, 0.15) is 11.4 Å². The van der Waals surface area contributed by atoms with E-state index in [0.29, 0.717) is 31.0 Å². The first-order chi connectivity index (χ1) is 11.7. The highest BCUT2D eigenvalue weighted by Gasteiger charge is 2.26. The lowest BCUT2D eigenvalue weighted by molar-refractivity contribution is -0.155. The molecule has 1 unspecified atom stereocenters. The molecule has 1 aliphatic rings. The molecule has 1 atom stereocenters. The summed E-state index contributed by atoms with van der Waals surface area (Å²) in [5.41, 5.74) is 5.56. The lowest BCUT2D eigenvalue weighted by Crippen LogP contribution is -2.40. The second-order valence-electron chi connectivity index (χ2n) is 7.48. The molecular weight excluding hydrogens is 342 g/mol. The van der Waals surface area contributed by atoms with Crippen LogP contribution < -0.4 is 5.73 Å². The molecule has 0 aliphatic carbocycles. The van der Waals surface area contributed by atoms with Gasteiger partial charge in [-0.15, -0.1) is 0 Å². The monoisotopic (exact) mass is 367 g/mol. The molecule has 1 fully saturated rings. The van der Waals surface area contributed by atoms with Crippen LogP contribution in [0.15, 0.2) is 12.3 Å². The second-order valence-corrected chi connectivity index (χ2v) is 7.88. The second kappa shape index (κ2) is 8.04. The molecule has 6 nitrogen and oxygen atoms in total. The van der Waals surface area contributed by atoms with E-state index in [-0.39, 0.29) is 22.7 Å². The highest BCUT2D eigenvalue weighted by atomic mass is 35.5. The van der Waals surface area contributed by atoms with Gasteiger partial charge in [-0.1, -0.05) is 11.6 Å². The third kappa shape index (κ3) is 5.88. The first-order valence-electron chi connectivity index (χ1n) is 8.58. The van der Waals surface area contributed by atoms with E-state index in [2.05, 4.69) is 4.98 Å². The Bertz CT molecular complexity index is 643. The standard InChI is InChI=1S/C18H26ClN3O3/c1-18(2,3)25-15(23)7-6-12-5-4-8-22(11-12)17(24)13-9-14(19)16(20)21-10-13/h9-10,12H,4-8,11H2,1-3H3,(H2,20,21). The minimum absolute atomic E-state index is 0.101. The third-order valence-corrected chi connectivity index (χ3v) is 4.40. The molecule has 0 bridgehead atoms. The zero-order valence-electron chi connectivity index (χ0n) is 15.0. The molecule has 0 spiro atoms. The van der Waals surface area contributed by atoms with Gasteiger partial charge in [-0.3, -0.25) is 9.59 Å². The number of anilines is 1. The van der Waals surface area contributed by atoms with Crippen LogP contribution in [0.4, 0.5) is 5.82 Å². The molecule has 0 saturated carbocycles. The van der Waals surface area contributed by atoms with Crippen LogP contribution in [-0.2, 0) is 9.53 Å². The first kappa shape index (κ1) is 19.5. The minimum Gasteiger partial charge on any atom is -0.460 e. The van der Waals surface area contributed by atoms with Gasteiger partial charge in [0, 0.05) is 25.7 Å². The number of nitrogens with zero attached hydrogens (tertiary/aromatic N) is 2. The normalized spacial score (nSPS) is 18.1. The van der Waals surface area contributed by atoms with E-state index >= 15 is 0 Å². The van der Waals surface area contributed by atoms with Crippen molar-refractivity contribution in [3.63, 3.8) is 0 Å². The Morgan fingerprint density at radius 2 is 2.16 bits per heavy atom. The lowest BCUT2D eigenvalue weighted by atomic mass is 9.93. The van der Waals surface area contributed by atoms with Crippen molar-refractivity contribution in [3.8, 4) is 0 Å². The van der Waals surface area contributed by atoms with E-state index in [9.17, 15) is 9.59 Å². The molecule has 2 heterocycles. The summed E-state index contributed by atoms with van der Waals surface area (Å²) in [7, 11) is 0. The van der Waals surface area contributed by atoms with Gasteiger partial charge in [0.05, 0.1) is 10.6 Å². The maximum atomic E-state index is 12.6. The highest BCUT2D eigenvalue weighted by molar-refractivity contribution is 6.33. The summed E-state index contributed by atoms with van der Waals surface area (Å²) in [6.07, 6.45) is 4.47. The van der Waals surface area contributed by atoms with Crippen LogP contribution in [0.1, 0.15) is 56.8 Å². The van der Waals surface area contributed by atoms with Crippen LogP contribution in [0.25, 0.3) is 0 Å². The van der Waals surface area contributed by atoms with Gasteiger partial charge in [-0.2, -0.15) is 0 Å². The summed E-state index contributed by atoms with van der Waals surface area (Å²) < 4.78 is 5.34. The van der Waals surface area contributed by atoms with Crippen molar-refractivity contribution >= 4 is 29.3 Å². The predicted octanol–water partition coefficient (Wildman–Crippen LogP) is 3.29. The quantitative estimate of drug-likeness (QED) is 0.825. The van der Waals surface area contributed by atoms with Crippen molar-refractivity contribution in [2.75, 3.05) is 18.8 Å². The fraction of sp³-hybridized carbons (Fsp3) is 0.611. The fourth-order valence-electron chi connectivity index (χ4n) is 2.95.